The van der Waals surface area contributed by atoms with Crippen LogP contribution in [-0.4, -0.2) is 126 Å². The van der Waals surface area contributed by atoms with Crippen LogP contribution < -0.4 is 0 Å². The van der Waals surface area contributed by atoms with Crippen molar-refractivity contribution in [3.05, 3.63) is 12.2 Å². The van der Waals surface area contributed by atoms with Crippen molar-refractivity contribution >= 4 is 5.97 Å². The third-order valence-corrected chi connectivity index (χ3v) is 10.2. The first kappa shape index (κ1) is 47.2. The summed E-state index contributed by atoms with van der Waals surface area (Å²) in [5.74, 6) is -0.284. The molecular formula is C42H76O12. The van der Waals surface area contributed by atoms with Crippen molar-refractivity contribution in [3.63, 3.8) is 0 Å². The lowest BCUT2D eigenvalue weighted by Gasteiger charge is -2.50. The molecule has 4 heterocycles. The van der Waals surface area contributed by atoms with Crippen LogP contribution in [0.1, 0.15) is 132 Å². The second-order valence-electron chi connectivity index (χ2n) is 14.4. The number of fused-ring (bicyclic) bond motifs is 19. The summed E-state index contributed by atoms with van der Waals surface area (Å²) in [6.45, 7) is 16.8. The van der Waals surface area contributed by atoms with Gasteiger partial charge in [-0.05, 0) is 87.0 Å². The molecule has 0 saturated carbocycles. The molecule has 0 aromatic rings. The fourth-order valence-electron chi connectivity index (χ4n) is 7.53. The van der Waals surface area contributed by atoms with Gasteiger partial charge in [0.2, 0.25) is 0 Å². The van der Waals surface area contributed by atoms with Gasteiger partial charge in [-0.2, -0.15) is 0 Å². The molecule has 0 aromatic heterocycles. The van der Waals surface area contributed by atoms with Crippen molar-refractivity contribution in [3.8, 4) is 0 Å². The molecule has 54 heavy (non-hydrogen) atoms. The van der Waals surface area contributed by atoms with E-state index in [1.165, 1.54) is 19.3 Å². The summed E-state index contributed by atoms with van der Waals surface area (Å²) in [4.78, 5) is 13.4. The summed E-state index contributed by atoms with van der Waals surface area (Å²) in [7, 11) is 0. The second-order valence-corrected chi connectivity index (χ2v) is 14.4. The van der Waals surface area contributed by atoms with Gasteiger partial charge in [0.25, 0.3) is 0 Å². The lowest BCUT2D eigenvalue weighted by molar-refractivity contribution is -0.381. The predicted molar refractivity (Wildman–Crippen MR) is 206 cm³/mol. The molecule has 12 nitrogen and oxygen atoms in total. The summed E-state index contributed by atoms with van der Waals surface area (Å²) < 4.78 is 70.7. The van der Waals surface area contributed by atoms with Crippen molar-refractivity contribution in [1.29, 1.82) is 0 Å². The Hall–Kier alpha value is -1.19. The summed E-state index contributed by atoms with van der Waals surface area (Å²) in [5, 5.41) is 0. The van der Waals surface area contributed by atoms with Crippen LogP contribution in [0.15, 0.2) is 12.2 Å². The van der Waals surface area contributed by atoms with Gasteiger partial charge in [0.05, 0.1) is 19.3 Å². The molecule has 4 aliphatic rings. The number of ether oxygens (including phenoxy) is 11. The van der Waals surface area contributed by atoms with Crippen LogP contribution in [0.3, 0.4) is 0 Å². The summed E-state index contributed by atoms with van der Waals surface area (Å²) >= 11 is 0. The number of esters is 1. The Labute approximate surface area is 326 Å². The Balaban J connectivity index is 2.00. The topological polar surface area (TPSA) is 119 Å². The minimum Gasteiger partial charge on any atom is -0.457 e. The fourth-order valence-corrected chi connectivity index (χ4v) is 7.53. The van der Waals surface area contributed by atoms with Gasteiger partial charge in [-0.25, -0.2) is 0 Å². The zero-order valence-electron chi connectivity index (χ0n) is 34.8. The normalized spacial score (nSPS) is 35.2. The molecule has 0 spiro atoms. The van der Waals surface area contributed by atoms with Crippen molar-refractivity contribution in [1.82, 2.24) is 0 Å². The molecule has 0 aliphatic carbocycles. The maximum Gasteiger partial charge on any atom is 0.306 e. The number of rotatable bonds is 14. The third-order valence-electron chi connectivity index (χ3n) is 10.2. The summed E-state index contributed by atoms with van der Waals surface area (Å²) in [6.07, 6.45) is 10.8. The summed E-state index contributed by atoms with van der Waals surface area (Å²) in [6, 6.07) is 0. The van der Waals surface area contributed by atoms with E-state index in [1.54, 1.807) is 0 Å². The zero-order chi connectivity index (χ0) is 39.0. The standard InChI is InChI=1S/C42H76O12/c1-8-44-29-32-35(46-10-3)37(47-11-4)40-42(51-32)50-31(7)27-25-23-21-19-17-15-14-16-18-20-22-24-26-28-34(43)53-36-33(30-45-9-2)52-41(54-40)39(49-13-6)38(36)48-12-5/h14-15,31-33,35-42H,8-13,16-30H2,1-7H3/b15-14-. The highest BCUT2D eigenvalue weighted by Gasteiger charge is 2.55. The van der Waals surface area contributed by atoms with E-state index in [1.807, 2.05) is 41.5 Å². The first-order valence-corrected chi connectivity index (χ1v) is 21.5. The Bertz CT molecular complexity index is 983. The van der Waals surface area contributed by atoms with Crippen molar-refractivity contribution in [2.45, 2.75) is 199 Å². The highest BCUT2D eigenvalue weighted by Crippen LogP contribution is 2.36. The second kappa shape index (κ2) is 28.2. The van der Waals surface area contributed by atoms with Crippen LogP contribution in [0.4, 0.5) is 0 Å². The zero-order valence-corrected chi connectivity index (χ0v) is 34.8. The first-order valence-electron chi connectivity index (χ1n) is 21.5. The molecule has 0 radical (unpaired) electrons. The van der Waals surface area contributed by atoms with E-state index in [0.717, 1.165) is 57.8 Å². The minimum absolute atomic E-state index is 0.112. The van der Waals surface area contributed by atoms with E-state index >= 15 is 0 Å². The highest BCUT2D eigenvalue weighted by atomic mass is 16.8. The van der Waals surface area contributed by atoms with Gasteiger partial charge in [0, 0.05) is 46.1 Å². The lowest BCUT2D eigenvalue weighted by Crippen LogP contribution is -2.67. The Morgan fingerprint density at radius 2 is 1.06 bits per heavy atom. The minimum atomic E-state index is -0.960. The van der Waals surface area contributed by atoms with Crippen LogP contribution in [0.2, 0.25) is 0 Å². The van der Waals surface area contributed by atoms with Crippen LogP contribution in [0, 0.1) is 0 Å². The lowest BCUT2D eigenvalue weighted by atomic mass is 9.96. The predicted octanol–water partition coefficient (Wildman–Crippen LogP) is 7.47. The first-order chi connectivity index (χ1) is 26.4. The fraction of sp³-hybridized carbons (Fsp3) is 0.929. The number of carbonyl (C=O) groups is 1. The van der Waals surface area contributed by atoms with Gasteiger partial charge < -0.3 is 52.1 Å². The number of hydrogen-bond donors (Lipinski definition) is 0. The Kier molecular flexibility index (Phi) is 24.7. The summed E-state index contributed by atoms with van der Waals surface area (Å²) in [5.41, 5.74) is 0. The van der Waals surface area contributed by atoms with Crippen LogP contribution in [0.25, 0.3) is 0 Å². The molecule has 12 heteroatoms. The molecule has 0 N–H and O–H groups in total. The average molecular weight is 773 g/mol. The monoisotopic (exact) mass is 773 g/mol. The molecule has 316 valence electrons. The van der Waals surface area contributed by atoms with Gasteiger partial charge in [0.15, 0.2) is 18.7 Å². The van der Waals surface area contributed by atoms with Crippen LogP contribution in [0.5, 0.6) is 0 Å². The number of hydrogen-bond acceptors (Lipinski definition) is 12. The highest BCUT2D eigenvalue weighted by molar-refractivity contribution is 5.69. The molecule has 11 unspecified atom stereocenters. The van der Waals surface area contributed by atoms with Crippen LogP contribution in [-0.2, 0) is 56.9 Å². The van der Waals surface area contributed by atoms with Crippen LogP contribution >= 0.6 is 0 Å². The molecule has 2 saturated heterocycles. The third kappa shape index (κ3) is 16.0. The molecule has 4 aliphatic heterocycles. The Morgan fingerprint density at radius 1 is 0.537 bits per heavy atom. The van der Waals surface area contributed by atoms with E-state index in [0.29, 0.717) is 52.7 Å². The van der Waals surface area contributed by atoms with Gasteiger partial charge in [-0.3, -0.25) is 4.79 Å². The van der Waals surface area contributed by atoms with Crippen molar-refractivity contribution in [2.75, 3.05) is 52.9 Å². The van der Waals surface area contributed by atoms with Gasteiger partial charge >= 0.3 is 5.97 Å². The smallest absolute Gasteiger partial charge is 0.306 e. The maximum atomic E-state index is 13.4. The SMILES string of the molecule is CCOCC1OC2OC3C(OC(C)CCCCCC/C=C\CCCCCCCC(=O)OC1C(OCC)C2OCC)OC(COCC)C(OCC)C3OCC. The molecule has 11 atom stereocenters. The molecule has 2 bridgehead atoms. The largest absolute Gasteiger partial charge is 0.457 e. The maximum absolute atomic E-state index is 13.4. The van der Waals surface area contributed by atoms with E-state index in [9.17, 15) is 4.79 Å². The van der Waals surface area contributed by atoms with E-state index in [4.69, 9.17) is 52.1 Å². The van der Waals surface area contributed by atoms with Gasteiger partial charge in [0.1, 0.15) is 42.7 Å². The number of carbonyl (C=O) groups excluding carboxylic acids is 1. The van der Waals surface area contributed by atoms with Gasteiger partial charge in [-0.1, -0.05) is 50.7 Å². The van der Waals surface area contributed by atoms with E-state index < -0.39 is 61.4 Å². The van der Waals surface area contributed by atoms with Gasteiger partial charge in [-0.15, -0.1) is 0 Å². The molecule has 4 rings (SSSR count). The van der Waals surface area contributed by atoms with E-state index in [-0.39, 0.29) is 18.7 Å². The quantitative estimate of drug-likeness (QED) is 0.129. The van der Waals surface area contributed by atoms with Crippen molar-refractivity contribution < 1.29 is 56.9 Å². The van der Waals surface area contributed by atoms with Crippen molar-refractivity contribution in [2.24, 2.45) is 0 Å². The molecule has 0 amide bonds. The molecular weight excluding hydrogens is 696 g/mol. The molecule has 2 fully saturated rings. The number of allylic oxidation sites excluding steroid dienone is 2. The Morgan fingerprint density at radius 3 is 1.69 bits per heavy atom. The average Bonchev–Trinajstić information content (AvgIpc) is 3.15. The van der Waals surface area contributed by atoms with E-state index in [2.05, 4.69) is 19.1 Å². The molecule has 0 aromatic carbocycles.